The van der Waals surface area contributed by atoms with Crippen molar-refractivity contribution in [2.45, 2.75) is 17.9 Å². The second-order valence-corrected chi connectivity index (χ2v) is 7.61. The fraction of sp³-hybridized carbons (Fsp3) is 0.294. The standard InChI is InChI=1S/C17H17F2NO3S/c1-12-2-4-13(5-3-12)16-11-20(8-9-23-16)24(21,22)17-10-14(18)6-7-15(17)19/h2-7,10,16H,8-9,11H2,1H3. The topological polar surface area (TPSA) is 46.6 Å². The zero-order valence-electron chi connectivity index (χ0n) is 13.1. The molecule has 2 aromatic carbocycles. The lowest BCUT2D eigenvalue weighted by Gasteiger charge is -2.32. The van der Waals surface area contributed by atoms with Crippen molar-refractivity contribution < 1.29 is 21.9 Å². The van der Waals surface area contributed by atoms with Gasteiger partial charge in [-0.15, -0.1) is 0 Å². The molecule has 0 radical (unpaired) electrons. The van der Waals surface area contributed by atoms with E-state index in [0.29, 0.717) is 6.07 Å². The zero-order chi connectivity index (χ0) is 17.3. The van der Waals surface area contributed by atoms with Gasteiger partial charge >= 0.3 is 0 Å². The van der Waals surface area contributed by atoms with E-state index in [1.54, 1.807) is 0 Å². The smallest absolute Gasteiger partial charge is 0.246 e. The third-order valence-electron chi connectivity index (χ3n) is 3.99. The first-order valence-electron chi connectivity index (χ1n) is 7.51. The fourth-order valence-corrected chi connectivity index (χ4v) is 4.14. The molecule has 0 saturated carbocycles. The van der Waals surface area contributed by atoms with Crippen LogP contribution < -0.4 is 0 Å². The van der Waals surface area contributed by atoms with Crippen LogP contribution in [0.3, 0.4) is 0 Å². The first kappa shape index (κ1) is 17.0. The molecular formula is C17H17F2NO3S. The van der Waals surface area contributed by atoms with E-state index in [4.69, 9.17) is 4.74 Å². The van der Waals surface area contributed by atoms with Gasteiger partial charge in [0.2, 0.25) is 10.0 Å². The van der Waals surface area contributed by atoms with Crippen LogP contribution in [0.1, 0.15) is 17.2 Å². The maximum Gasteiger partial charge on any atom is 0.246 e. The van der Waals surface area contributed by atoms with Crippen LogP contribution in [0.5, 0.6) is 0 Å². The SMILES string of the molecule is Cc1ccc(C2CN(S(=O)(=O)c3cc(F)ccc3F)CCO2)cc1. The Labute approximate surface area is 139 Å². The van der Waals surface area contributed by atoms with Crippen LogP contribution >= 0.6 is 0 Å². The van der Waals surface area contributed by atoms with Gasteiger partial charge in [-0.1, -0.05) is 29.8 Å². The normalized spacial score (nSPS) is 19.4. The number of hydrogen-bond acceptors (Lipinski definition) is 3. The third-order valence-corrected chi connectivity index (χ3v) is 5.87. The summed E-state index contributed by atoms with van der Waals surface area (Å²) in [6.07, 6.45) is -0.439. The van der Waals surface area contributed by atoms with Crippen LogP contribution in [0.15, 0.2) is 47.4 Å². The summed E-state index contributed by atoms with van der Waals surface area (Å²) in [5.41, 5.74) is 1.93. The predicted octanol–water partition coefficient (Wildman–Crippen LogP) is 3.04. The maximum atomic E-state index is 13.9. The number of benzene rings is 2. The van der Waals surface area contributed by atoms with Crippen molar-refractivity contribution in [3.05, 3.63) is 65.2 Å². The first-order valence-corrected chi connectivity index (χ1v) is 8.95. The molecule has 7 heteroatoms. The van der Waals surface area contributed by atoms with Gasteiger partial charge < -0.3 is 4.74 Å². The molecule has 1 fully saturated rings. The highest BCUT2D eigenvalue weighted by atomic mass is 32.2. The molecule has 4 nitrogen and oxygen atoms in total. The summed E-state index contributed by atoms with van der Waals surface area (Å²) in [6.45, 7) is 2.30. The van der Waals surface area contributed by atoms with Gasteiger partial charge in [0.1, 0.15) is 16.5 Å². The molecule has 1 unspecified atom stereocenters. The maximum absolute atomic E-state index is 13.9. The van der Waals surface area contributed by atoms with E-state index in [1.165, 1.54) is 0 Å². The van der Waals surface area contributed by atoms with Crippen molar-refractivity contribution >= 4 is 10.0 Å². The van der Waals surface area contributed by atoms with E-state index in [2.05, 4.69) is 0 Å². The second-order valence-electron chi connectivity index (χ2n) is 5.71. The molecule has 3 rings (SSSR count). The highest BCUT2D eigenvalue weighted by molar-refractivity contribution is 7.89. The minimum Gasteiger partial charge on any atom is -0.371 e. The Morgan fingerprint density at radius 1 is 1.12 bits per heavy atom. The number of morpholine rings is 1. The van der Waals surface area contributed by atoms with Crippen LogP contribution in [0.4, 0.5) is 8.78 Å². The van der Waals surface area contributed by atoms with Gasteiger partial charge in [0.25, 0.3) is 0 Å². The van der Waals surface area contributed by atoms with E-state index in [1.807, 2.05) is 31.2 Å². The summed E-state index contributed by atoms with van der Waals surface area (Å²) >= 11 is 0. The van der Waals surface area contributed by atoms with Crippen molar-refractivity contribution in [1.82, 2.24) is 4.31 Å². The van der Waals surface area contributed by atoms with Crippen molar-refractivity contribution in [1.29, 1.82) is 0 Å². The van der Waals surface area contributed by atoms with Crippen molar-refractivity contribution in [3.63, 3.8) is 0 Å². The molecule has 0 spiro atoms. The lowest BCUT2D eigenvalue weighted by Crippen LogP contribution is -2.42. The summed E-state index contributed by atoms with van der Waals surface area (Å²) in [4.78, 5) is -0.646. The Hall–Kier alpha value is -1.83. The van der Waals surface area contributed by atoms with E-state index in [9.17, 15) is 17.2 Å². The van der Waals surface area contributed by atoms with Crippen molar-refractivity contribution in [3.8, 4) is 0 Å². The lowest BCUT2D eigenvalue weighted by molar-refractivity contribution is -0.00262. The summed E-state index contributed by atoms with van der Waals surface area (Å²) < 4.78 is 59.3. The minimum atomic E-state index is -4.13. The molecule has 0 N–H and O–H groups in total. The molecule has 1 aliphatic heterocycles. The Kier molecular flexibility index (Phi) is 4.67. The Morgan fingerprint density at radius 2 is 1.83 bits per heavy atom. The summed E-state index contributed by atoms with van der Waals surface area (Å²) in [6, 6.07) is 10.00. The van der Waals surface area contributed by atoms with E-state index in [0.717, 1.165) is 27.6 Å². The summed E-state index contributed by atoms with van der Waals surface area (Å²) in [5, 5.41) is 0. The molecule has 128 valence electrons. The van der Waals surface area contributed by atoms with E-state index < -0.39 is 32.7 Å². The molecule has 0 amide bonds. The van der Waals surface area contributed by atoms with Crippen LogP contribution in [-0.2, 0) is 14.8 Å². The van der Waals surface area contributed by atoms with Gasteiger partial charge in [0.15, 0.2) is 0 Å². The molecule has 1 saturated heterocycles. The van der Waals surface area contributed by atoms with Crippen LogP contribution in [0, 0.1) is 18.6 Å². The van der Waals surface area contributed by atoms with Gasteiger partial charge in [-0.05, 0) is 30.7 Å². The fourth-order valence-electron chi connectivity index (χ4n) is 2.64. The average molecular weight is 353 g/mol. The van der Waals surface area contributed by atoms with Gasteiger partial charge in [-0.25, -0.2) is 17.2 Å². The number of sulfonamides is 1. The van der Waals surface area contributed by atoms with Crippen LogP contribution in [-0.4, -0.2) is 32.4 Å². The van der Waals surface area contributed by atoms with Gasteiger partial charge in [0, 0.05) is 13.1 Å². The number of ether oxygens (including phenoxy) is 1. The number of rotatable bonds is 3. The van der Waals surface area contributed by atoms with Gasteiger partial charge in [-0.2, -0.15) is 4.31 Å². The Morgan fingerprint density at radius 3 is 2.54 bits per heavy atom. The first-order chi connectivity index (χ1) is 11.4. The van der Waals surface area contributed by atoms with Gasteiger partial charge in [-0.3, -0.25) is 0 Å². The van der Waals surface area contributed by atoms with Crippen LogP contribution in [0.25, 0.3) is 0 Å². The number of aryl methyl sites for hydroxylation is 1. The van der Waals surface area contributed by atoms with Crippen LogP contribution in [0.2, 0.25) is 0 Å². The molecular weight excluding hydrogens is 336 g/mol. The predicted molar refractivity (Wildman–Crippen MR) is 85.0 cm³/mol. The monoisotopic (exact) mass is 353 g/mol. The third kappa shape index (κ3) is 3.33. The number of nitrogens with zero attached hydrogens (tertiary/aromatic N) is 1. The molecule has 0 aliphatic carbocycles. The van der Waals surface area contributed by atoms with Crippen molar-refractivity contribution in [2.75, 3.05) is 19.7 Å². The van der Waals surface area contributed by atoms with E-state index >= 15 is 0 Å². The highest BCUT2D eigenvalue weighted by Gasteiger charge is 2.33. The lowest BCUT2D eigenvalue weighted by atomic mass is 10.1. The number of halogens is 2. The summed E-state index contributed by atoms with van der Waals surface area (Å²) in [7, 11) is -4.13. The summed E-state index contributed by atoms with van der Waals surface area (Å²) in [5.74, 6) is -1.76. The number of hydrogen-bond donors (Lipinski definition) is 0. The molecule has 1 aliphatic rings. The highest BCUT2D eigenvalue weighted by Crippen LogP contribution is 2.28. The average Bonchev–Trinajstić information content (AvgIpc) is 2.58. The largest absolute Gasteiger partial charge is 0.371 e. The molecule has 24 heavy (non-hydrogen) atoms. The van der Waals surface area contributed by atoms with E-state index in [-0.39, 0.29) is 19.7 Å². The molecule has 1 heterocycles. The van der Waals surface area contributed by atoms with Crippen molar-refractivity contribution in [2.24, 2.45) is 0 Å². The minimum absolute atomic E-state index is 0.0569. The zero-order valence-corrected chi connectivity index (χ0v) is 13.9. The molecule has 1 atom stereocenters. The Bertz CT molecular complexity index is 837. The second kappa shape index (κ2) is 6.58. The molecule has 2 aromatic rings. The quantitative estimate of drug-likeness (QED) is 0.852. The Balaban J connectivity index is 1.88. The molecule has 0 bridgehead atoms. The molecule has 0 aromatic heterocycles. The van der Waals surface area contributed by atoms with Gasteiger partial charge in [0.05, 0.1) is 12.7 Å².